The Kier molecular flexibility index (Phi) is 4.64. The third kappa shape index (κ3) is 2.87. The minimum atomic E-state index is 0.424. The van der Waals surface area contributed by atoms with Gasteiger partial charge in [-0.25, -0.2) is 0 Å². The molecule has 2 atom stereocenters. The van der Waals surface area contributed by atoms with Crippen molar-refractivity contribution in [2.75, 3.05) is 24.6 Å². The van der Waals surface area contributed by atoms with Gasteiger partial charge in [-0.2, -0.15) is 0 Å². The van der Waals surface area contributed by atoms with E-state index in [2.05, 4.69) is 39.0 Å². The molecule has 0 spiro atoms. The third-order valence-electron chi connectivity index (χ3n) is 4.49. The van der Waals surface area contributed by atoms with Crippen molar-refractivity contribution < 1.29 is 4.74 Å². The van der Waals surface area contributed by atoms with Gasteiger partial charge in [0.25, 0.3) is 0 Å². The summed E-state index contributed by atoms with van der Waals surface area (Å²) in [6.07, 6.45) is 6.46. The maximum atomic E-state index is 5.96. The van der Waals surface area contributed by atoms with Crippen LogP contribution in [0.15, 0.2) is 22.7 Å². The molecule has 0 aromatic heterocycles. The van der Waals surface area contributed by atoms with Gasteiger partial charge in [0.1, 0.15) is 0 Å². The van der Waals surface area contributed by atoms with Gasteiger partial charge in [-0.05, 0) is 59.4 Å². The van der Waals surface area contributed by atoms with Crippen molar-refractivity contribution in [3.63, 3.8) is 0 Å². The molecule has 1 aromatic carbocycles. The van der Waals surface area contributed by atoms with Crippen LogP contribution in [0.1, 0.15) is 31.2 Å². The van der Waals surface area contributed by atoms with Crippen LogP contribution in [0, 0.1) is 0 Å². The van der Waals surface area contributed by atoms with Gasteiger partial charge in [0.2, 0.25) is 0 Å². The van der Waals surface area contributed by atoms with Gasteiger partial charge >= 0.3 is 0 Å². The molecular weight excluding hydrogens is 316 g/mol. The highest BCUT2D eigenvalue weighted by Gasteiger charge is 2.34. The van der Waals surface area contributed by atoms with E-state index in [1.807, 2.05) is 0 Å². The van der Waals surface area contributed by atoms with Crippen LogP contribution >= 0.6 is 15.9 Å². The number of halogens is 1. The van der Waals surface area contributed by atoms with Gasteiger partial charge in [-0.3, -0.25) is 0 Å². The quantitative estimate of drug-likeness (QED) is 0.920. The maximum Gasteiger partial charge on any atom is 0.0779 e. The highest BCUT2D eigenvalue weighted by atomic mass is 79.9. The Balaban J connectivity index is 1.83. The van der Waals surface area contributed by atoms with Gasteiger partial charge < -0.3 is 15.4 Å². The number of hydrogen-bond acceptors (Lipinski definition) is 3. The van der Waals surface area contributed by atoms with Crippen LogP contribution in [-0.2, 0) is 11.2 Å². The maximum absolute atomic E-state index is 5.96. The Morgan fingerprint density at radius 3 is 2.95 bits per heavy atom. The van der Waals surface area contributed by atoms with E-state index >= 15 is 0 Å². The molecule has 1 heterocycles. The van der Waals surface area contributed by atoms with Crippen molar-refractivity contribution in [3.05, 3.63) is 28.2 Å². The van der Waals surface area contributed by atoms with Crippen LogP contribution in [0.4, 0.5) is 5.69 Å². The summed E-state index contributed by atoms with van der Waals surface area (Å²) in [5.74, 6) is 0. The first kappa shape index (κ1) is 14.4. The van der Waals surface area contributed by atoms with Crippen LogP contribution in [0.2, 0.25) is 0 Å². The summed E-state index contributed by atoms with van der Waals surface area (Å²) in [5, 5.41) is 0. The zero-order valence-electron chi connectivity index (χ0n) is 11.9. The lowest BCUT2D eigenvalue weighted by molar-refractivity contribution is -0.00872. The summed E-state index contributed by atoms with van der Waals surface area (Å²) >= 11 is 3.75. The lowest BCUT2D eigenvalue weighted by Crippen LogP contribution is -2.53. The number of benzene rings is 1. The van der Waals surface area contributed by atoms with Crippen LogP contribution in [0.3, 0.4) is 0 Å². The highest BCUT2D eigenvalue weighted by molar-refractivity contribution is 9.10. The van der Waals surface area contributed by atoms with Crippen molar-refractivity contribution in [2.45, 2.75) is 44.2 Å². The molecule has 3 rings (SSSR count). The van der Waals surface area contributed by atoms with Gasteiger partial charge in [0, 0.05) is 11.0 Å². The zero-order valence-corrected chi connectivity index (χ0v) is 13.4. The molecule has 0 radical (unpaired) electrons. The van der Waals surface area contributed by atoms with Crippen LogP contribution < -0.4 is 10.6 Å². The summed E-state index contributed by atoms with van der Waals surface area (Å²) in [6.45, 7) is 2.54. The Morgan fingerprint density at radius 2 is 2.15 bits per heavy atom. The Labute approximate surface area is 129 Å². The largest absolute Gasteiger partial charge is 0.374 e. The smallest absolute Gasteiger partial charge is 0.0779 e. The van der Waals surface area contributed by atoms with E-state index in [4.69, 9.17) is 10.5 Å². The molecule has 1 aliphatic carbocycles. The van der Waals surface area contributed by atoms with Crippen LogP contribution in [0.5, 0.6) is 0 Å². The molecule has 2 N–H and O–H groups in total. The standard InChI is InChI=1S/C16H23BrN2O/c17-13-11-12(7-8-18)5-6-14(13)19-9-10-20-16-4-2-1-3-15(16)19/h5-6,11,15-16H,1-4,7-10,18H2. The molecule has 4 heteroatoms. The Hall–Kier alpha value is -0.580. The van der Waals surface area contributed by atoms with Crippen molar-refractivity contribution >= 4 is 21.6 Å². The SMILES string of the molecule is NCCc1ccc(N2CCOC3CCCCC32)c(Br)c1. The van der Waals surface area contributed by atoms with E-state index in [0.717, 1.165) is 19.6 Å². The molecule has 0 amide bonds. The molecule has 1 saturated carbocycles. The summed E-state index contributed by atoms with van der Waals surface area (Å²) in [4.78, 5) is 2.55. The van der Waals surface area contributed by atoms with Gasteiger partial charge in [0.05, 0.1) is 24.4 Å². The normalized spacial score (nSPS) is 26.4. The molecule has 2 aliphatic rings. The number of morpholine rings is 1. The molecule has 2 fully saturated rings. The molecular formula is C16H23BrN2O. The predicted octanol–water partition coefficient (Wildman–Crippen LogP) is 3.10. The Bertz CT molecular complexity index is 464. The fourth-order valence-corrected chi connectivity index (χ4v) is 4.16. The molecule has 2 unspecified atom stereocenters. The number of hydrogen-bond donors (Lipinski definition) is 1. The second-order valence-corrected chi connectivity index (χ2v) is 6.63. The molecule has 1 aliphatic heterocycles. The second kappa shape index (κ2) is 6.46. The van der Waals surface area contributed by atoms with Crippen LogP contribution in [-0.4, -0.2) is 31.8 Å². The minimum Gasteiger partial charge on any atom is -0.374 e. The number of nitrogens with two attached hydrogens (primary N) is 1. The molecule has 110 valence electrons. The summed E-state index contributed by atoms with van der Waals surface area (Å²) in [5.41, 5.74) is 8.25. The lowest BCUT2D eigenvalue weighted by Gasteiger charge is -2.45. The number of fused-ring (bicyclic) bond motifs is 1. The summed E-state index contributed by atoms with van der Waals surface area (Å²) in [6, 6.07) is 7.22. The van der Waals surface area contributed by atoms with Gasteiger partial charge in [-0.15, -0.1) is 0 Å². The number of anilines is 1. The van der Waals surface area contributed by atoms with Crippen molar-refractivity contribution in [2.24, 2.45) is 5.73 Å². The fraction of sp³-hybridized carbons (Fsp3) is 0.625. The monoisotopic (exact) mass is 338 g/mol. The zero-order chi connectivity index (χ0) is 13.9. The van der Waals surface area contributed by atoms with E-state index < -0.39 is 0 Å². The van der Waals surface area contributed by atoms with E-state index in [1.54, 1.807) is 0 Å². The second-order valence-electron chi connectivity index (χ2n) is 5.78. The molecule has 20 heavy (non-hydrogen) atoms. The van der Waals surface area contributed by atoms with E-state index in [1.165, 1.54) is 41.4 Å². The molecule has 3 nitrogen and oxygen atoms in total. The average molecular weight is 339 g/mol. The van der Waals surface area contributed by atoms with E-state index in [-0.39, 0.29) is 0 Å². The molecule has 0 bridgehead atoms. The van der Waals surface area contributed by atoms with E-state index in [9.17, 15) is 0 Å². The summed E-state index contributed by atoms with van der Waals surface area (Å²) in [7, 11) is 0. The first-order valence-corrected chi connectivity index (χ1v) is 8.45. The number of rotatable bonds is 3. The van der Waals surface area contributed by atoms with E-state index in [0.29, 0.717) is 18.7 Å². The minimum absolute atomic E-state index is 0.424. The number of ether oxygens (including phenoxy) is 1. The van der Waals surface area contributed by atoms with Crippen molar-refractivity contribution in [1.82, 2.24) is 0 Å². The van der Waals surface area contributed by atoms with Gasteiger partial charge in [-0.1, -0.05) is 18.9 Å². The average Bonchev–Trinajstić information content (AvgIpc) is 2.47. The lowest BCUT2D eigenvalue weighted by atomic mass is 9.89. The van der Waals surface area contributed by atoms with Crippen LogP contribution in [0.25, 0.3) is 0 Å². The molecule has 1 saturated heterocycles. The first-order chi connectivity index (χ1) is 9.79. The summed E-state index contributed by atoms with van der Waals surface area (Å²) < 4.78 is 7.15. The topological polar surface area (TPSA) is 38.5 Å². The highest BCUT2D eigenvalue weighted by Crippen LogP contribution is 2.36. The van der Waals surface area contributed by atoms with Gasteiger partial charge in [0.15, 0.2) is 0 Å². The number of nitrogens with zero attached hydrogens (tertiary/aromatic N) is 1. The first-order valence-electron chi connectivity index (χ1n) is 7.66. The van der Waals surface area contributed by atoms with Crippen molar-refractivity contribution in [1.29, 1.82) is 0 Å². The third-order valence-corrected chi connectivity index (χ3v) is 5.12. The Morgan fingerprint density at radius 1 is 1.30 bits per heavy atom. The van der Waals surface area contributed by atoms with Crippen molar-refractivity contribution in [3.8, 4) is 0 Å². The molecule has 1 aromatic rings. The predicted molar refractivity (Wildman–Crippen MR) is 86.2 cm³/mol. The fourth-order valence-electron chi connectivity index (χ4n) is 3.50.